The van der Waals surface area contributed by atoms with Gasteiger partial charge in [-0.2, -0.15) is 65.9 Å². The lowest BCUT2D eigenvalue weighted by atomic mass is 9.90. The summed E-state index contributed by atoms with van der Waals surface area (Å²) in [7, 11) is 0. The summed E-state index contributed by atoms with van der Waals surface area (Å²) in [6.45, 7) is 0. The number of hydrogen-bond acceptors (Lipinski definition) is 0. The number of rotatable bonds is 6. The molecule has 0 bridgehead atoms. The third-order valence-corrected chi connectivity index (χ3v) is 2.79. The molecule has 1 nitrogen and oxygen atoms in total. The summed E-state index contributed by atoms with van der Waals surface area (Å²) in [6, 6.07) is -6.56. The van der Waals surface area contributed by atoms with Gasteiger partial charge in [-0.25, -0.2) is 0 Å². The van der Waals surface area contributed by atoms with E-state index in [1.165, 1.54) is 0 Å². The van der Waals surface area contributed by atoms with E-state index >= 15 is 0 Å². The van der Waals surface area contributed by atoms with Crippen molar-refractivity contribution in [2.45, 2.75) is 47.8 Å². The molecule has 0 aromatic carbocycles. The molecule has 0 fully saturated rings. The molecule has 0 atom stereocenters. The Morgan fingerprint density at radius 2 is 0.500 bits per heavy atom. The van der Waals surface area contributed by atoms with Crippen LogP contribution in [-0.2, 0) is 0 Å². The van der Waals surface area contributed by atoms with Gasteiger partial charge in [0.2, 0.25) is 0 Å². The normalized spacial score (nSPS) is 16.8. The highest BCUT2D eigenvalue weighted by atomic mass is 19.4. The molecular formula is C8H3F17N+. The Kier molecular flexibility index (Phi) is 5.37. The second-order valence-electron chi connectivity index (χ2n) is 4.65. The maximum atomic E-state index is 12.9. The molecule has 0 rings (SSSR count). The SMILES string of the molecule is [NH3+]C(F)(F)C(F)(F)C(F)(F)C(F)(F)C(F)(F)C(F)(F)C(F)(F)C(F)(F)F. The maximum absolute atomic E-state index is 12.9. The summed E-state index contributed by atoms with van der Waals surface area (Å²) in [6.07, 6.45) is -7.75. The molecule has 0 radical (unpaired) electrons. The molecule has 0 aliphatic rings. The number of halogens is 17. The lowest BCUT2D eigenvalue weighted by Crippen LogP contribution is -2.83. The molecule has 26 heavy (non-hydrogen) atoms. The number of alkyl halides is 17. The van der Waals surface area contributed by atoms with Crippen molar-refractivity contribution in [1.82, 2.24) is 0 Å². The van der Waals surface area contributed by atoms with E-state index < -0.39 is 47.8 Å². The van der Waals surface area contributed by atoms with Crippen molar-refractivity contribution < 1.29 is 80.4 Å². The molecule has 3 N–H and O–H groups in total. The van der Waals surface area contributed by atoms with Crippen molar-refractivity contribution in [3.8, 4) is 0 Å². The molecule has 0 aliphatic heterocycles. The van der Waals surface area contributed by atoms with Gasteiger partial charge in [0.15, 0.2) is 0 Å². The van der Waals surface area contributed by atoms with Crippen molar-refractivity contribution in [1.29, 1.82) is 0 Å². The summed E-state index contributed by atoms with van der Waals surface area (Å²) < 4.78 is 212. The lowest BCUT2D eigenvalue weighted by molar-refractivity contribution is -0.631. The van der Waals surface area contributed by atoms with Crippen LogP contribution in [0.25, 0.3) is 0 Å². The highest BCUT2D eigenvalue weighted by molar-refractivity contribution is 5.13. The van der Waals surface area contributed by atoms with Crippen molar-refractivity contribution in [3.63, 3.8) is 0 Å². The largest absolute Gasteiger partial charge is 0.460 e. The number of hydrogen-bond donors (Lipinski definition) is 1. The van der Waals surface area contributed by atoms with Crippen LogP contribution in [0.1, 0.15) is 0 Å². The fraction of sp³-hybridized carbons (Fsp3) is 1.00. The Balaban J connectivity index is 6.61. The van der Waals surface area contributed by atoms with Gasteiger partial charge in [0.05, 0.1) is 0 Å². The molecule has 158 valence electrons. The van der Waals surface area contributed by atoms with E-state index in [0.29, 0.717) is 0 Å². The quantitative estimate of drug-likeness (QED) is 0.478. The third-order valence-electron chi connectivity index (χ3n) is 2.79. The zero-order valence-corrected chi connectivity index (χ0v) is 11.1. The molecule has 0 spiro atoms. The molecule has 0 aromatic heterocycles. The van der Waals surface area contributed by atoms with Crippen LogP contribution in [0.5, 0.6) is 0 Å². The fourth-order valence-electron chi connectivity index (χ4n) is 1.20. The average Bonchev–Trinajstić information content (AvgIpc) is 2.34. The first-order valence-electron chi connectivity index (χ1n) is 5.32. The van der Waals surface area contributed by atoms with Crippen molar-refractivity contribution >= 4 is 0 Å². The highest BCUT2D eigenvalue weighted by Gasteiger charge is 2.95. The van der Waals surface area contributed by atoms with Gasteiger partial charge in [-0.05, 0) is 0 Å². The van der Waals surface area contributed by atoms with Gasteiger partial charge in [-0.1, -0.05) is 0 Å². The first-order valence-corrected chi connectivity index (χ1v) is 5.32. The molecule has 0 saturated carbocycles. The summed E-state index contributed by atoms with van der Waals surface area (Å²) in [5.41, 5.74) is 0.897. The minimum Gasteiger partial charge on any atom is -0.291 e. The van der Waals surface area contributed by atoms with E-state index in [1.807, 2.05) is 0 Å². The van der Waals surface area contributed by atoms with Crippen LogP contribution in [-0.4, -0.2) is 47.8 Å². The van der Waals surface area contributed by atoms with Gasteiger partial charge in [0.25, 0.3) is 0 Å². The molecule has 0 aromatic rings. The minimum atomic E-state index is -8.59. The monoisotopic (exact) mass is 436 g/mol. The zero-order valence-electron chi connectivity index (χ0n) is 11.1. The molecule has 0 saturated heterocycles. The molecular weight excluding hydrogens is 433 g/mol. The standard InChI is InChI=1S/C8H2F17N/c9-1(10,3(13,14)5(17,18)7(21,22)23)2(11,12)4(15,16)6(19,20)8(24,25)26/h26H2/p+1. The van der Waals surface area contributed by atoms with Crippen LogP contribution in [0.3, 0.4) is 0 Å². The van der Waals surface area contributed by atoms with E-state index in [-0.39, 0.29) is 0 Å². The summed E-state index contributed by atoms with van der Waals surface area (Å²) in [4.78, 5) is 0. The summed E-state index contributed by atoms with van der Waals surface area (Å²) in [5.74, 6) is -49.6. The molecule has 0 unspecified atom stereocenters. The highest BCUT2D eigenvalue weighted by Crippen LogP contribution is 2.63. The van der Waals surface area contributed by atoms with E-state index in [2.05, 4.69) is 0 Å². The smallest absolute Gasteiger partial charge is 0.291 e. The maximum Gasteiger partial charge on any atom is 0.460 e. The van der Waals surface area contributed by atoms with Crippen molar-refractivity contribution in [2.24, 2.45) is 0 Å². The topological polar surface area (TPSA) is 27.6 Å². The second-order valence-corrected chi connectivity index (χ2v) is 4.65. The molecule has 18 heteroatoms. The molecule has 0 heterocycles. The van der Waals surface area contributed by atoms with Crippen molar-refractivity contribution in [3.05, 3.63) is 0 Å². The predicted octanol–water partition coefficient (Wildman–Crippen LogP) is 4.20. The van der Waals surface area contributed by atoms with E-state index in [4.69, 9.17) is 0 Å². The zero-order chi connectivity index (χ0) is 22.0. The Labute approximate surface area is 129 Å². The van der Waals surface area contributed by atoms with Gasteiger partial charge < -0.3 is 0 Å². The fourth-order valence-corrected chi connectivity index (χ4v) is 1.20. The van der Waals surface area contributed by atoms with Crippen LogP contribution < -0.4 is 5.73 Å². The van der Waals surface area contributed by atoms with Crippen LogP contribution in [0.4, 0.5) is 74.6 Å². The second kappa shape index (κ2) is 5.63. The summed E-state index contributed by atoms with van der Waals surface area (Å²) in [5, 5.41) is 0. The van der Waals surface area contributed by atoms with Gasteiger partial charge in [-0.15, -0.1) is 8.78 Å². The van der Waals surface area contributed by atoms with Gasteiger partial charge in [-0.3, -0.25) is 5.73 Å². The molecule has 0 aliphatic carbocycles. The Hall–Kier alpha value is -1.23. The van der Waals surface area contributed by atoms with E-state index in [1.54, 1.807) is 0 Å². The third kappa shape index (κ3) is 2.83. The van der Waals surface area contributed by atoms with Crippen molar-refractivity contribution in [2.75, 3.05) is 0 Å². The minimum absolute atomic E-state index is 0.897. The van der Waals surface area contributed by atoms with Gasteiger partial charge >= 0.3 is 47.8 Å². The Bertz CT molecular complexity index is 474. The summed E-state index contributed by atoms with van der Waals surface area (Å²) >= 11 is 0. The van der Waals surface area contributed by atoms with Crippen LogP contribution in [0, 0.1) is 0 Å². The van der Waals surface area contributed by atoms with Crippen LogP contribution in [0.15, 0.2) is 0 Å². The van der Waals surface area contributed by atoms with E-state index in [9.17, 15) is 74.6 Å². The average molecular weight is 436 g/mol. The van der Waals surface area contributed by atoms with Crippen LogP contribution >= 0.6 is 0 Å². The van der Waals surface area contributed by atoms with Gasteiger partial charge in [0.1, 0.15) is 0 Å². The first-order chi connectivity index (χ1) is 10.8. The molecule has 0 amide bonds. The Morgan fingerprint density at radius 1 is 0.308 bits per heavy atom. The van der Waals surface area contributed by atoms with E-state index in [0.717, 1.165) is 5.73 Å². The lowest BCUT2D eigenvalue weighted by Gasteiger charge is -2.41. The Morgan fingerprint density at radius 3 is 0.692 bits per heavy atom. The first kappa shape index (κ1) is 24.8. The predicted molar refractivity (Wildman–Crippen MR) is 43.6 cm³/mol. The van der Waals surface area contributed by atoms with Gasteiger partial charge in [0, 0.05) is 0 Å². The van der Waals surface area contributed by atoms with Crippen LogP contribution in [0.2, 0.25) is 0 Å². The number of quaternary nitrogens is 1.